The molecule has 0 aromatic heterocycles. The predicted octanol–water partition coefficient (Wildman–Crippen LogP) is 1.04. The maximum Gasteiger partial charge on any atom is 0.237 e. The van der Waals surface area contributed by atoms with Crippen molar-refractivity contribution in [1.29, 1.82) is 0 Å². The Morgan fingerprint density at radius 3 is 2.50 bits per heavy atom. The third kappa shape index (κ3) is 1.92. The number of carbonyl (C=O) groups excluding carboxylic acids is 1. The van der Waals surface area contributed by atoms with Gasteiger partial charge >= 0.3 is 0 Å². The SMILES string of the molecule is CC1(C)CNC(C2CCCC2)C(=O)N1. The van der Waals surface area contributed by atoms with Crippen molar-refractivity contribution >= 4 is 5.91 Å². The van der Waals surface area contributed by atoms with Gasteiger partial charge in [0.05, 0.1) is 6.04 Å². The molecule has 2 rings (SSSR count). The standard InChI is InChI=1S/C11H20N2O/c1-11(2)7-12-9(10(14)13-11)8-5-3-4-6-8/h8-9,12H,3-7H2,1-2H3,(H,13,14). The first kappa shape index (κ1) is 9.97. The Labute approximate surface area is 85.6 Å². The molecule has 80 valence electrons. The van der Waals surface area contributed by atoms with E-state index in [1.807, 2.05) is 0 Å². The van der Waals surface area contributed by atoms with Crippen molar-refractivity contribution in [3.8, 4) is 0 Å². The molecule has 1 aliphatic heterocycles. The summed E-state index contributed by atoms with van der Waals surface area (Å²) in [5, 5.41) is 6.47. The van der Waals surface area contributed by atoms with E-state index in [9.17, 15) is 4.79 Å². The Balaban J connectivity index is 1.98. The average Bonchev–Trinajstić information content (AvgIpc) is 2.54. The molecule has 1 heterocycles. The fourth-order valence-electron chi connectivity index (χ4n) is 2.58. The zero-order chi connectivity index (χ0) is 10.2. The molecular weight excluding hydrogens is 176 g/mol. The second-order valence-electron chi connectivity index (χ2n) is 5.28. The van der Waals surface area contributed by atoms with E-state index in [4.69, 9.17) is 0 Å². The second-order valence-corrected chi connectivity index (χ2v) is 5.28. The van der Waals surface area contributed by atoms with Crippen LogP contribution in [0.15, 0.2) is 0 Å². The number of carbonyl (C=O) groups is 1. The van der Waals surface area contributed by atoms with Gasteiger partial charge in [-0.15, -0.1) is 0 Å². The summed E-state index contributed by atoms with van der Waals surface area (Å²) < 4.78 is 0. The predicted molar refractivity (Wildman–Crippen MR) is 56.0 cm³/mol. The first-order valence-electron chi connectivity index (χ1n) is 5.64. The number of rotatable bonds is 1. The first-order chi connectivity index (χ1) is 6.58. The summed E-state index contributed by atoms with van der Waals surface area (Å²) in [6.45, 7) is 5.01. The van der Waals surface area contributed by atoms with Crippen molar-refractivity contribution in [2.24, 2.45) is 5.92 Å². The lowest BCUT2D eigenvalue weighted by Crippen LogP contribution is -2.64. The number of piperazine rings is 1. The molecule has 1 unspecified atom stereocenters. The Bertz CT molecular complexity index is 231. The molecular formula is C11H20N2O. The monoisotopic (exact) mass is 196 g/mol. The van der Waals surface area contributed by atoms with Crippen LogP contribution in [0.3, 0.4) is 0 Å². The van der Waals surface area contributed by atoms with Crippen LogP contribution in [0.4, 0.5) is 0 Å². The highest BCUT2D eigenvalue weighted by molar-refractivity contribution is 5.83. The summed E-state index contributed by atoms with van der Waals surface area (Å²) in [6, 6.07) is 0.0746. The van der Waals surface area contributed by atoms with E-state index in [-0.39, 0.29) is 17.5 Å². The second kappa shape index (κ2) is 3.54. The van der Waals surface area contributed by atoms with Crippen LogP contribution in [0.5, 0.6) is 0 Å². The van der Waals surface area contributed by atoms with Crippen LogP contribution in [0.25, 0.3) is 0 Å². The third-order valence-electron chi connectivity index (χ3n) is 3.38. The zero-order valence-corrected chi connectivity index (χ0v) is 9.10. The highest BCUT2D eigenvalue weighted by Crippen LogP contribution is 2.29. The minimum Gasteiger partial charge on any atom is -0.349 e. The number of hydrogen-bond donors (Lipinski definition) is 2. The van der Waals surface area contributed by atoms with Gasteiger partial charge in [0.25, 0.3) is 0 Å². The highest BCUT2D eigenvalue weighted by Gasteiger charge is 2.37. The van der Waals surface area contributed by atoms with E-state index >= 15 is 0 Å². The lowest BCUT2D eigenvalue weighted by atomic mass is 9.92. The van der Waals surface area contributed by atoms with Gasteiger partial charge in [-0.05, 0) is 32.6 Å². The van der Waals surface area contributed by atoms with Gasteiger partial charge in [0, 0.05) is 12.1 Å². The third-order valence-corrected chi connectivity index (χ3v) is 3.38. The Morgan fingerprint density at radius 1 is 1.29 bits per heavy atom. The summed E-state index contributed by atoms with van der Waals surface area (Å²) in [5.74, 6) is 0.777. The first-order valence-corrected chi connectivity index (χ1v) is 5.64. The summed E-state index contributed by atoms with van der Waals surface area (Å²) in [4.78, 5) is 11.8. The van der Waals surface area contributed by atoms with Crippen molar-refractivity contribution in [1.82, 2.24) is 10.6 Å². The van der Waals surface area contributed by atoms with E-state index in [1.54, 1.807) is 0 Å². The van der Waals surface area contributed by atoms with Crippen LogP contribution in [-0.4, -0.2) is 24.0 Å². The number of amides is 1. The summed E-state index contributed by atoms with van der Waals surface area (Å²) in [7, 11) is 0. The Kier molecular flexibility index (Phi) is 2.52. The van der Waals surface area contributed by atoms with Crippen molar-refractivity contribution in [3.63, 3.8) is 0 Å². The van der Waals surface area contributed by atoms with Crippen LogP contribution < -0.4 is 10.6 Å². The molecule has 1 aliphatic carbocycles. The van der Waals surface area contributed by atoms with Crippen molar-refractivity contribution in [2.45, 2.75) is 51.1 Å². The van der Waals surface area contributed by atoms with Gasteiger partial charge in [0.1, 0.15) is 0 Å². The Morgan fingerprint density at radius 2 is 1.93 bits per heavy atom. The summed E-state index contributed by atoms with van der Waals surface area (Å²) in [6.07, 6.45) is 5.01. The molecule has 3 heteroatoms. The topological polar surface area (TPSA) is 41.1 Å². The number of nitrogens with one attached hydrogen (secondary N) is 2. The molecule has 0 radical (unpaired) electrons. The molecule has 2 fully saturated rings. The highest BCUT2D eigenvalue weighted by atomic mass is 16.2. The van der Waals surface area contributed by atoms with Crippen molar-refractivity contribution in [2.75, 3.05) is 6.54 Å². The van der Waals surface area contributed by atoms with Gasteiger partial charge in [-0.3, -0.25) is 4.79 Å². The van der Waals surface area contributed by atoms with Gasteiger partial charge in [0.2, 0.25) is 5.91 Å². The van der Waals surface area contributed by atoms with Gasteiger partial charge in [-0.2, -0.15) is 0 Å². The fraction of sp³-hybridized carbons (Fsp3) is 0.909. The maximum atomic E-state index is 11.8. The molecule has 0 aromatic rings. The Hall–Kier alpha value is -0.570. The van der Waals surface area contributed by atoms with Crippen molar-refractivity contribution in [3.05, 3.63) is 0 Å². The minimum atomic E-state index is -0.0772. The van der Waals surface area contributed by atoms with E-state index in [0.717, 1.165) is 6.54 Å². The molecule has 0 aromatic carbocycles. The van der Waals surface area contributed by atoms with Gasteiger partial charge in [0.15, 0.2) is 0 Å². The van der Waals surface area contributed by atoms with E-state index in [1.165, 1.54) is 25.7 Å². The molecule has 2 aliphatic rings. The van der Waals surface area contributed by atoms with Crippen LogP contribution in [0.2, 0.25) is 0 Å². The van der Waals surface area contributed by atoms with E-state index in [0.29, 0.717) is 5.92 Å². The maximum absolute atomic E-state index is 11.8. The fourth-order valence-corrected chi connectivity index (χ4v) is 2.58. The van der Waals surface area contributed by atoms with Crippen LogP contribution >= 0.6 is 0 Å². The van der Waals surface area contributed by atoms with Crippen LogP contribution in [-0.2, 0) is 4.79 Å². The minimum absolute atomic E-state index is 0.0746. The molecule has 3 nitrogen and oxygen atoms in total. The lowest BCUT2D eigenvalue weighted by Gasteiger charge is -2.38. The zero-order valence-electron chi connectivity index (χ0n) is 9.10. The molecule has 1 atom stereocenters. The molecule has 0 bridgehead atoms. The van der Waals surface area contributed by atoms with E-state index in [2.05, 4.69) is 24.5 Å². The van der Waals surface area contributed by atoms with Crippen LogP contribution in [0, 0.1) is 5.92 Å². The molecule has 1 saturated heterocycles. The summed E-state index contributed by atoms with van der Waals surface area (Å²) >= 11 is 0. The smallest absolute Gasteiger partial charge is 0.237 e. The summed E-state index contributed by atoms with van der Waals surface area (Å²) in [5.41, 5.74) is -0.0772. The van der Waals surface area contributed by atoms with Gasteiger partial charge < -0.3 is 10.6 Å². The molecule has 14 heavy (non-hydrogen) atoms. The number of hydrogen-bond acceptors (Lipinski definition) is 2. The van der Waals surface area contributed by atoms with Gasteiger partial charge in [-0.1, -0.05) is 12.8 Å². The normalized spacial score (nSPS) is 33.0. The molecule has 2 N–H and O–H groups in total. The van der Waals surface area contributed by atoms with Crippen molar-refractivity contribution < 1.29 is 4.79 Å². The molecule has 0 spiro atoms. The molecule has 1 amide bonds. The quantitative estimate of drug-likeness (QED) is 0.658. The molecule has 1 saturated carbocycles. The van der Waals surface area contributed by atoms with Gasteiger partial charge in [-0.25, -0.2) is 0 Å². The lowest BCUT2D eigenvalue weighted by molar-refractivity contribution is -0.128. The van der Waals surface area contributed by atoms with Crippen LogP contribution in [0.1, 0.15) is 39.5 Å². The average molecular weight is 196 g/mol. The largest absolute Gasteiger partial charge is 0.349 e. The van der Waals surface area contributed by atoms with E-state index < -0.39 is 0 Å².